The minimum atomic E-state index is -4.52. The standard InChI is InChI=1S/C19H26F3N3O2.ClH/c1-3-12(2)18(27)25-6-4-5-14(11-25)17(26)24-16-8-13(10-23)7-15(9-16)19(20,21)22;/h7-9,12,14H,3-6,10-11,23H2,1-2H3,(H,24,26);1H. The molecule has 1 aromatic carbocycles. The van der Waals surface area contributed by atoms with Crippen LogP contribution in [-0.2, 0) is 22.3 Å². The summed E-state index contributed by atoms with van der Waals surface area (Å²) in [4.78, 5) is 26.6. The Bertz CT molecular complexity index is 697. The first kappa shape index (κ1) is 24.2. The summed E-state index contributed by atoms with van der Waals surface area (Å²) in [5, 5.41) is 2.57. The van der Waals surface area contributed by atoms with Gasteiger partial charge in [-0.1, -0.05) is 13.8 Å². The summed E-state index contributed by atoms with van der Waals surface area (Å²) in [6, 6.07) is 3.32. The topological polar surface area (TPSA) is 75.4 Å². The Morgan fingerprint density at radius 1 is 1.32 bits per heavy atom. The number of halogens is 4. The Hall–Kier alpha value is -1.80. The molecule has 5 nitrogen and oxygen atoms in total. The van der Waals surface area contributed by atoms with Crippen LogP contribution in [0.3, 0.4) is 0 Å². The number of hydrogen-bond acceptors (Lipinski definition) is 3. The van der Waals surface area contributed by atoms with Crippen LogP contribution < -0.4 is 11.1 Å². The van der Waals surface area contributed by atoms with E-state index in [0.717, 1.165) is 18.6 Å². The molecule has 0 saturated carbocycles. The van der Waals surface area contributed by atoms with Gasteiger partial charge < -0.3 is 16.0 Å². The zero-order valence-electron chi connectivity index (χ0n) is 16.0. The monoisotopic (exact) mass is 421 g/mol. The van der Waals surface area contributed by atoms with Crippen molar-refractivity contribution in [2.45, 2.75) is 45.8 Å². The van der Waals surface area contributed by atoms with E-state index in [9.17, 15) is 22.8 Å². The maximum Gasteiger partial charge on any atom is 0.416 e. The van der Waals surface area contributed by atoms with Gasteiger partial charge in [-0.15, -0.1) is 12.4 Å². The van der Waals surface area contributed by atoms with Crippen LogP contribution >= 0.6 is 12.4 Å². The molecule has 0 aliphatic carbocycles. The average Bonchev–Trinajstić information content (AvgIpc) is 2.65. The van der Waals surface area contributed by atoms with E-state index in [1.807, 2.05) is 13.8 Å². The van der Waals surface area contributed by atoms with Crippen molar-refractivity contribution in [3.8, 4) is 0 Å². The lowest BCUT2D eigenvalue weighted by Gasteiger charge is -2.33. The van der Waals surface area contributed by atoms with E-state index in [1.54, 1.807) is 4.90 Å². The van der Waals surface area contributed by atoms with E-state index in [-0.39, 0.29) is 54.5 Å². The molecule has 2 rings (SSSR count). The van der Waals surface area contributed by atoms with Crippen molar-refractivity contribution < 1.29 is 22.8 Å². The second kappa shape index (κ2) is 10.1. The SMILES string of the molecule is CCC(C)C(=O)N1CCCC(C(=O)Nc2cc(CN)cc(C(F)(F)F)c2)C1.Cl. The highest BCUT2D eigenvalue weighted by atomic mass is 35.5. The van der Waals surface area contributed by atoms with Gasteiger partial charge in [-0.2, -0.15) is 13.2 Å². The lowest BCUT2D eigenvalue weighted by molar-refractivity contribution is -0.139. The molecule has 0 radical (unpaired) electrons. The number of nitrogens with two attached hydrogens (primary N) is 1. The third kappa shape index (κ3) is 6.10. The number of amides is 2. The zero-order chi connectivity index (χ0) is 20.2. The molecule has 1 aliphatic heterocycles. The first-order chi connectivity index (χ1) is 12.7. The summed E-state index contributed by atoms with van der Waals surface area (Å²) in [6.45, 7) is 4.61. The van der Waals surface area contributed by atoms with Crippen LogP contribution in [0, 0.1) is 11.8 Å². The summed E-state index contributed by atoms with van der Waals surface area (Å²) in [5.74, 6) is -0.913. The largest absolute Gasteiger partial charge is 0.416 e. The first-order valence-corrected chi connectivity index (χ1v) is 9.16. The van der Waals surface area contributed by atoms with E-state index in [1.165, 1.54) is 6.07 Å². The van der Waals surface area contributed by atoms with Gasteiger partial charge in [0.15, 0.2) is 0 Å². The summed E-state index contributed by atoms with van der Waals surface area (Å²) in [7, 11) is 0. The van der Waals surface area contributed by atoms with Gasteiger partial charge in [0, 0.05) is 31.2 Å². The number of benzene rings is 1. The van der Waals surface area contributed by atoms with Gasteiger partial charge >= 0.3 is 6.18 Å². The van der Waals surface area contributed by atoms with Gasteiger partial charge in [-0.05, 0) is 43.0 Å². The van der Waals surface area contributed by atoms with E-state index in [2.05, 4.69) is 5.32 Å². The highest BCUT2D eigenvalue weighted by Crippen LogP contribution is 2.32. The molecule has 2 unspecified atom stereocenters. The van der Waals surface area contributed by atoms with Gasteiger partial charge in [0.05, 0.1) is 11.5 Å². The molecule has 0 bridgehead atoms. The van der Waals surface area contributed by atoms with Crippen molar-refractivity contribution in [1.29, 1.82) is 0 Å². The second-order valence-electron chi connectivity index (χ2n) is 7.04. The van der Waals surface area contributed by atoms with E-state index in [0.29, 0.717) is 19.4 Å². The van der Waals surface area contributed by atoms with Crippen LogP contribution in [0.5, 0.6) is 0 Å². The number of anilines is 1. The fourth-order valence-electron chi connectivity index (χ4n) is 3.17. The lowest BCUT2D eigenvalue weighted by Crippen LogP contribution is -2.45. The molecule has 28 heavy (non-hydrogen) atoms. The number of nitrogens with zero attached hydrogens (tertiary/aromatic N) is 1. The molecule has 1 heterocycles. The number of rotatable bonds is 5. The fourth-order valence-corrected chi connectivity index (χ4v) is 3.17. The Morgan fingerprint density at radius 3 is 2.57 bits per heavy atom. The Kier molecular flexibility index (Phi) is 8.75. The van der Waals surface area contributed by atoms with Gasteiger partial charge in [0.1, 0.15) is 0 Å². The van der Waals surface area contributed by atoms with Crippen LogP contribution in [0.2, 0.25) is 0 Å². The average molecular weight is 422 g/mol. The number of carbonyl (C=O) groups excluding carboxylic acids is 2. The molecule has 0 spiro atoms. The molecule has 1 saturated heterocycles. The Labute approximate surface area is 169 Å². The molecule has 1 aliphatic rings. The molecule has 1 aromatic rings. The van der Waals surface area contributed by atoms with Gasteiger partial charge in [-0.3, -0.25) is 9.59 Å². The van der Waals surface area contributed by atoms with Gasteiger partial charge in [-0.25, -0.2) is 0 Å². The van der Waals surface area contributed by atoms with Gasteiger partial charge in [0.2, 0.25) is 11.8 Å². The Balaban J connectivity index is 0.00000392. The molecular weight excluding hydrogens is 395 g/mol. The molecular formula is C19H27ClF3N3O2. The Morgan fingerprint density at radius 2 is 2.00 bits per heavy atom. The predicted molar refractivity (Wildman–Crippen MR) is 104 cm³/mol. The number of piperidine rings is 1. The summed E-state index contributed by atoms with van der Waals surface area (Å²) in [6.07, 6.45) is -2.51. The highest BCUT2D eigenvalue weighted by Gasteiger charge is 2.32. The quantitative estimate of drug-likeness (QED) is 0.759. The fraction of sp³-hybridized carbons (Fsp3) is 0.579. The van der Waals surface area contributed by atoms with Crippen molar-refractivity contribution in [2.24, 2.45) is 17.6 Å². The zero-order valence-corrected chi connectivity index (χ0v) is 16.8. The summed E-state index contributed by atoms with van der Waals surface area (Å²) < 4.78 is 39.1. The predicted octanol–water partition coefficient (Wildman–Crippen LogP) is 3.81. The smallest absolute Gasteiger partial charge is 0.342 e. The molecule has 9 heteroatoms. The van der Waals surface area contributed by atoms with E-state index < -0.39 is 17.7 Å². The van der Waals surface area contributed by atoms with Crippen molar-refractivity contribution in [3.05, 3.63) is 29.3 Å². The van der Waals surface area contributed by atoms with Crippen molar-refractivity contribution >= 4 is 29.9 Å². The minimum Gasteiger partial charge on any atom is -0.342 e. The van der Waals surface area contributed by atoms with Crippen molar-refractivity contribution in [1.82, 2.24) is 4.90 Å². The number of hydrogen-bond donors (Lipinski definition) is 2. The number of likely N-dealkylation sites (tertiary alicyclic amines) is 1. The molecule has 1 fully saturated rings. The maximum absolute atomic E-state index is 13.0. The van der Waals surface area contributed by atoms with Gasteiger partial charge in [0.25, 0.3) is 0 Å². The molecule has 3 N–H and O–H groups in total. The maximum atomic E-state index is 13.0. The van der Waals surface area contributed by atoms with Crippen LogP contribution in [0.4, 0.5) is 18.9 Å². The highest BCUT2D eigenvalue weighted by molar-refractivity contribution is 5.93. The summed E-state index contributed by atoms with van der Waals surface area (Å²) >= 11 is 0. The minimum absolute atomic E-state index is 0. The van der Waals surface area contributed by atoms with Crippen LogP contribution in [0.15, 0.2) is 18.2 Å². The van der Waals surface area contributed by atoms with Crippen LogP contribution in [0.25, 0.3) is 0 Å². The number of nitrogens with one attached hydrogen (secondary N) is 1. The van der Waals surface area contributed by atoms with Crippen molar-refractivity contribution in [2.75, 3.05) is 18.4 Å². The van der Waals surface area contributed by atoms with Crippen LogP contribution in [0.1, 0.15) is 44.2 Å². The third-order valence-electron chi connectivity index (χ3n) is 4.96. The van der Waals surface area contributed by atoms with Crippen LogP contribution in [-0.4, -0.2) is 29.8 Å². The van der Waals surface area contributed by atoms with Crippen molar-refractivity contribution in [3.63, 3.8) is 0 Å². The molecule has 2 atom stereocenters. The molecule has 158 valence electrons. The third-order valence-corrected chi connectivity index (χ3v) is 4.96. The molecule has 2 amide bonds. The lowest BCUT2D eigenvalue weighted by atomic mass is 9.95. The van der Waals surface area contributed by atoms with E-state index >= 15 is 0 Å². The molecule has 0 aromatic heterocycles. The first-order valence-electron chi connectivity index (χ1n) is 9.16. The number of alkyl halides is 3. The normalized spacial score (nSPS) is 18.2. The van der Waals surface area contributed by atoms with E-state index in [4.69, 9.17) is 5.73 Å². The number of carbonyl (C=O) groups is 2. The summed E-state index contributed by atoms with van der Waals surface area (Å²) in [5.41, 5.74) is 4.98. The second-order valence-corrected chi connectivity index (χ2v) is 7.04.